The molecule has 2 rings (SSSR count). The van der Waals surface area contributed by atoms with E-state index >= 15 is 0 Å². The summed E-state index contributed by atoms with van der Waals surface area (Å²) in [7, 11) is 2.11. The first-order chi connectivity index (χ1) is 8.83. The zero-order valence-corrected chi connectivity index (χ0v) is 12.3. The second-order valence-electron chi connectivity index (χ2n) is 6.46. The van der Waals surface area contributed by atoms with Crippen LogP contribution in [0.5, 0.6) is 0 Å². The van der Waals surface area contributed by atoms with Crippen LogP contribution in [-0.4, -0.2) is 26.8 Å². The lowest BCUT2D eigenvalue weighted by Crippen LogP contribution is -2.33. The predicted octanol–water partition coefficient (Wildman–Crippen LogP) is 3.47. The van der Waals surface area contributed by atoms with Crippen molar-refractivity contribution in [1.82, 2.24) is 5.32 Å². The van der Waals surface area contributed by atoms with Gasteiger partial charge in [-0.1, -0.05) is 19.8 Å². The number of ether oxygens (including phenoxy) is 1. The van der Waals surface area contributed by atoms with Gasteiger partial charge in [-0.05, 0) is 69.4 Å². The van der Waals surface area contributed by atoms with Crippen LogP contribution in [-0.2, 0) is 4.74 Å². The molecule has 1 saturated heterocycles. The molecular formula is C16H31NO. The van der Waals surface area contributed by atoms with Crippen molar-refractivity contribution in [2.45, 2.75) is 51.9 Å². The summed E-state index contributed by atoms with van der Waals surface area (Å²) in [5.74, 6) is 3.85. The number of hydrogen-bond acceptors (Lipinski definition) is 2. The third-order valence-electron chi connectivity index (χ3n) is 5.27. The van der Waals surface area contributed by atoms with E-state index in [2.05, 4.69) is 19.3 Å². The molecule has 0 radical (unpaired) electrons. The fourth-order valence-electron chi connectivity index (χ4n) is 4.02. The van der Waals surface area contributed by atoms with Crippen molar-refractivity contribution in [3.05, 3.63) is 0 Å². The van der Waals surface area contributed by atoms with Crippen molar-refractivity contribution in [3.8, 4) is 0 Å². The Morgan fingerprint density at radius 1 is 1.00 bits per heavy atom. The van der Waals surface area contributed by atoms with E-state index in [4.69, 9.17) is 4.74 Å². The molecule has 2 nitrogen and oxygen atoms in total. The highest BCUT2D eigenvalue weighted by atomic mass is 16.5. The molecule has 0 aromatic heterocycles. The second-order valence-corrected chi connectivity index (χ2v) is 6.46. The lowest BCUT2D eigenvalue weighted by atomic mass is 9.69. The molecule has 1 N–H and O–H groups in total. The minimum absolute atomic E-state index is 0.931. The monoisotopic (exact) mass is 253 g/mol. The first-order valence-electron chi connectivity index (χ1n) is 8.05. The molecule has 0 spiro atoms. The van der Waals surface area contributed by atoms with Crippen molar-refractivity contribution < 1.29 is 4.74 Å². The quantitative estimate of drug-likeness (QED) is 0.810. The normalized spacial score (nSPS) is 34.7. The van der Waals surface area contributed by atoms with E-state index in [1.54, 1.807) is 0 Å². The van der Waals surface area contributed by atoms with Gasteiger partial charge in [0.2, 0.25) is 0 Å². The Balaban J connectivity index is 1.86. The van der Waals surface area contributed by atoms with Crippen molar-refractivity contribution in [1.29, 1.82) is 0 Å². The molecule has 18 heavy (non-hydrogen) atoms. The summed E-state index contributed by atoms with van der Waals surface area (Å²) < 4.78 is 5.49. The average molecular weight is 253 g/mol. The molecule has 0 bridgehead atoms. The van der Waals surface area contributed by atoms with E-state index in [1.165, 1.54) is 51.5 Å². The van der Waals surface area contributed by atoms with Crippen molar-refractivity contribution in [2.24, 2.45) is 23.7 Å². The van der Waals surface area contributed by atoms with Gasteiger partial charge in [0.1, 0.15) is 0 Å². The fraction of sp³-hybridized carbons (Fsp3) is 1.00. The van der Waals surface area contributed by atoms with Crippen LogP contribution < -0.4 is 5.32 Å². The number of rotatable bonds is 5. The van der Waals surface area contributed by atoms with E-state index < -0.39 is 0 Å². The van der Waals surface area contributed by atoms with Crippen molar-refractivity contribution >= 4 is 0 Å². The third kappa shape index (κ3) is 3.96. The van der Waals surface area contributed by atoms with E-state index in [9.17, 15) is 0 Å². The first-order valence-corrected chi connectivity index (χ1v) is 8.05. The molecule has 3 unspecified atom stereocenters. The molecule has 2 aliphatic rings. The van der Waals surface area contributed by atoms with Gasteiger partial charge in [-0.3, -0.25) is 0 Å². The topological polar surface area (TPSA) is 21.3 Å². The largest absolute Gasteiger partial charge is 0.381 e. The Morgan fingerprint density at radius 3 is 2.44 bits per heavy atom. The highest BCUT2D eigenvalue weighted by Crippen LogP contribution is 2.40. The fourth-order valence-corrected chi connectivity index (χ4v) is 4.02. The minimum Gasteiger partial charge on any atom is -0.381 e. The molecule has 2 fully saturated rings. The molecule has 0 amide bonds. The molecule has 0 aromatic carbocycles. The van der Waals surface area contributed by atoms with Crippen LogP contribution in [0.3, 0.4) is 0 Å². The van der Waals surface area contributed by atoms with Gasteiger partial charge < -0.3 is 10.1 Å². The highest BCUT2D eigenvalue weighted by Gasteiger charge is 2.31. The van der Waals surface area contributed by atoms with Gasteiger partial charge in [0.25, 0.3) is 0 Å². The summed E-state index contributed by atoms with van der Waals surface area (Å²) in [5, 5.41) is 3.41. The van der Waals surface area contributed by atoms with Crippen LogP contribution in [0.4, 0.5) is 0 Å². The van der Waals surface area contributed by atoms with Gasteiger partial charge in [0, 0.05) is 13.2 Å². The van der Waals surface area contributed by atoms with Crippen molar-refractivity contribution in [3.63, 3.8) is 0 Å². The zero-order valence-electron chi connectivity index (χ0n) is 12.3. The van der Waals surface area contributed by atoms with Crippen LogP contribution in [0.15, 0.2) is 0 Å². The van der Waals surface area contributed by atoms with Crippen LogP contribution in [0.25, 0.3) is 0 Å². The third-order valence-corrected chi connectivity index (χ3v) is 5.27. The summed E-state index contributed by atoms with van der Waals surface area (Å²) in [6.45, 7) is 5.61. The molecule has 1 aliphatic heterocycles. The maximum atomic E-state index is 5.49. The minimum atomic E-state index is 0.931. The Labute approximate surface area is 113 Å². The molecule has 1 heterocycles. The van der Waals surface area contributed by atoms with E-state index in [0.29, 0.717) is 0 Å². The number of hydrogen-bond donors (Lipinski definition) is 1. The molecule has 1 saturated carbocycles. The Bertz CT molecular complexity index is 225. The lowest BCUT2D eigenvalue weighted by molar-refractivity contribution is 0.0463. The average Bonchev–Trinajstić information content (AvgIpc) is 2.42. The lowest BCUT2D eigenvalue weighted by Gasteiger charge is -2.38. The maximum absolute atomic E-state index is 5.49. The summed E-state index contributed by atoms with van der Waals surface area (Å²) in [6, 6.07) is 0. The zero-order chi connectivity index (χ0) is 12.8. The van der Waals surface area contributed by atoms with Gasteiger partial charge >= 0.3 is 0 Å². The maximum Gasteiger partial charge on any atom is 0.0468 e. The second kappa shape index (κ2) is 7.49. The molecule has 0 aromatic rings. The Hall–Kier alpha value is -0.0800. The van der Waals surface area contributed by atoms with Gasteiger partial charge in [0.05, 0.1) is 0 Å². The van der Waals surface area contributed by atoms with Crippen LogP contribution in [0, 0.1) is 23.7 Å². The summed E-state index contributed by atoms with van der Waals surface area (Å²) in [4.78, 5) is 0. The summed E-state index contributed by atoms with van der Waals surface area (Å²) in [5.41, 5.74) is 0. The van der Waals surface area contributed by atoms with Crippen LogP contribution in [0.2, 0.25) is 0 Å². The Morgan fingerprint density at radius 2 is 1.78 bits per heavy atom. The van der Waals surface area contributed by atoms with Gasteiger partial charge in [-0.15, -0.1) is 0 Å². The van der Waals surface area contributed by atoms with Crippen molar-refractivity contribution in [2.75, 3.05) is 26.8 Å². The smallest absolute Gasteiger partial charge is 0.0468 e. The molecule has 2 heteroatoms. The molecule has 1 aliphatic carbocycles. The van der Waals surface area contributed by atoms with Crippen LogP contribution >= 0.6 is 0 Å². The standard InChI is InChI=1S/C16H31NO/c1-3-13-4-5-15(12-17-2)16(10-13)11-14-6-8-18-9-7-14/h13-17H,3-12H2,1-2H3. The summed E-state index contributed by atoms with van der Waals surface area (Å²) in [6.07, 6.45) is 9.86. The van der Waals surface area contributed by atoms with Gasteiger partial charge in [-0.25, -0.2) is 0 Å². The van der Waals surface area contributed by atoms with Gasteiger partial charge in [-0.2, -0.15) is 0 Å². The van der Waals surface area contributed by atoms with Crippen LogP contribution in [0.1, 0.15) is 51.9 Å². The predicted molar refractivity (Wildman–Crippen MR) is 76.7 cm³/mol. The molecular weight excluding hydrogens is 222 g/mol. The highest BCUT2D eigenvalue weighted by molar-refractivity contribution is 4.83. The number of nitrogens with one attached hydrogen (secondary N) is 1. The van der Waals surface area contributed by atoms with Gasteiger partial charge in [0.15, 0.2) is 0 Å². The van der Waals surface area contributed by atoms with E-state index in [-0.39, 0.29) is 0 Å². The molecule has 3 atom stereocenters. The molecule has 106 valence electrons. The Kier molecular flexibility index (Phi) is 5.97. The summed E-state index contributed by atoms with van der Waals surface area (Å²) >= 11 is 0. The SMILES string of the molecule is CCC1CCC(CNC)C(CC2CCOCC2)C1. The first kappa shape index (κ1) is 14.3. The van der Waals surface area contributed by atoms with E-state index in [1.807, 2.05) is 0 Å². The van der Waals surface area contributed by atoms with E-state index in [0.717, 1.165) is 36.9 Å².